The second-order valence-electron chi connectivity index (χ2n) is 6.29. The van der Waals surface area contributed by atoms with Gasteiger partial charge in [-0.2, -0.15) is 0 Å². The molecule has 2 rings (SSSR count). The van der Waals surface area contributed by atoms with Crippen LogP contribution in [0.1, 0.15) is 47.0 Å². The molecule has 2 fully saturated rings. The second-order valence-corrected chi connectivity index (χ2v) is 6.29. The minimum Gasteiger partial charge on any atom is -0.296 e. The Morgan fingerprint density at radius 2 is 1.73 bits per heavy atom. The van der Waals surface area contributed by atoms with Gasteiger partial charge >= 0.3 is 0 Å². The van der Waals surface area contributed by atoms with E-state index in [1.165, 1.54) is 38.9 Å². The first-order chi connectivity index (χ1) is 6.98. The molecule has 1 heterocycles. The predicted molar refractivity (Wildman–Crippen MR) is 65.1 cm³/mol. The average molecular weight is 210 g/mol. The molecule has 1 atom stereocenters. The molecule has 1 aliphatic carbocycles. The lowest BCUT2D eigenvalue weighted by molar-refractivity contribution is -0.0124. The van der Waals surface area contributed by atoms with E-state index in [-0.39, 0.29) is 0 Å². The van der Waals surface area contributed by atoms with Crippen molar-refractivity contribution < 1.29 is 0 Å². The number of hydrogen-bond donors (Lipinski definition) is 0. The van der Waals surface area contributed by atoms with Gasteiger partial charge in [0.05, 0.1) is 0 Å². The Balaban J connectivity index is 1.90. The van der Waals surface area contributed by atoms with Gasteiger partial charge in [0.2, 0.25) is 0 Å². The van der Waals surface area contributed by atoms with Gasteiger partial charge < -0.3 is 0 Å². The first-order valence-corrected chi connectivity index (χ1v) is 6.49. The molecule has 0 N–H and O–H groups in total. The first kappa shape index (κ1) is 11.4. The van der Waals surface area contributed by atoms with Gasteiger partial charge in [-0.1, -0.05) is 6.42 Å². The molecule has 0 amide bonds. The first-order valence-electron chi connectivity index (χ1n) is 6.49. The third kappa shape index (κ3) is 2.36. The van der Waals surface area contributed by atoms with Crippen LogP contribution in [0.25, 0.3) is 0 Å². The van der Waals surface area contributed by atoms with Crippen LogP contribution in [0.5, 0.6) is 0 Å². The third-order valence-electron chi connectivity index (χ3n) is 4.17. The highest BCUT2D eigenvalue weighted by atomic mass is 15.3. The van der Waals surface area contributed by atoms with E-state index in [1.807, 2.05) is 0 Å². The maximum Gasteiger partial charge on any atom is 0.0198 e. The van der Waals surface area contributed by atoms with Gasteiger partial charge in [0, 0.05) is 37.3 Å². The third-order valence-corrected chi connectivity index (χ3v) is 4.17. The van der Waals surface area contributed by atoms with Crippen molar-refractivity contribution in [2.24, 2.45) is 0 Å². The summed E-state index contributed by atoms with van der Waals surface area (Å²) in [6, 6.07) is 1.67. The highest BCUT2D eigenvalue weighted by Crippen LogP contribution is 2.29. The van der Waals surface area contributed by atoms with Crippen molar-refractivity contribution in [3.8, 4) is 0 Å². The molecule has 1 saturated carbocycles. The maximum absolute atomic E-state index is 2.74. The Kier molecular flexibility index (Phi) is 3.09. The van der Waals surface area contributed by atoms with Crippen LogP contribution in [0, 0.1) is 0 Å². The van der Waals surface area contributed by atoms with Gasteiger partial charge in [-0.05, 0) is 40.5 Å². The van der Waals surface area contributed by atoms with Gasteiger partial charge in [0.25, 0.3) is 0 Å². The SMILES string of the molecule is C[C@H]1CN(C(C)(C)C)CCN1C1CCC1. The molecule has 0 spiro atoms. The van der Waals surface area contributed by atoms with E-state index in [9.17, 15) is 0 Å². The summed E-state index contributed by atoms with van der Waals surface area (Å²) in [5.74, 6) is 0. The molecule has 1 aliphatic heterocycles. The quantitative estimate of drug-likeness (QED) is 0.655. The fraction of sp³-hybridized carbons (Fsp3) is 1.00. The summed E-state index contributed by atoms with van der Waals surface area (Å²) in [5, 5.41) is 0. The second kappa shape index (κ2) is 4.06. The van der Waals surface area contributed by atoms with Crippen molar-refractivity contribution in [1.29, 1.82) is 0 Å². The average Bonchev–Trinajstić information content (AvgIpc) is 2.03. The fourth-order valence-electron chi connectivity index (χ4n) is 2.84. The van der Waals surface area contributed by atoms with Crippen molar-refractivity contribution >= 4 is 0 Å². The lowest BCUT2D eigenvalue weighted by Gasteiger charge is -2.50. The fourth-order valence-corrected chi connectivity index (χ4v) is 2.84. The molecule has 0 unspecified atom stereocenters. The highest BCUT2D eigenvalue weighted by molar-refractivity contribution is 4.91. The van der Waals surface area contributed by atoms with E-state index in [1.54, 1.807) is 0 Å². The molecule has 0 aromatic carbocycles. The Hall–Kier alpha value is -0.0800. The Labute approximate surface area is 94.6 Å². The number of hydrogen-bond acceptors (Lipinski definition) is 2. The van der Waals surface area contributed by atoms with Crippen LogP contribution in [0.4, 0.5) is 0 Å². The van der Waals surface area contributed by atoms with Crippen LogP contribution < -0.4 is 0 Å². The van der Waals surface area contributed by atoms with Crippen molar-refractivity contribution in [1.82, 2.24) is 9.80 Å². The Morgan fingerprint density at radius 1 is 1.07 bits per heavy atom. The van der Waals surface area contributed by atoms with Crippen molar-refractivity contribution in [3.05, 3.63) is 0 Å². The van der Waals surface area contributed by atoms with Gasteiger partial charge in [-0.3, -0.25) is 9.80 Å². The van der Waals surface area contributed by atoms with Crippen LogP contribution in [-0.4, -0.2) is 47.1 Å². The molecule has 1 saturated heterocycles. The van der Waals surface area contributed by atoms with Crippen molar-refractivity contribution in [2.45, 2.75) is 64.6 Å². The molecular weight excluding hydrogens is 184 g/mol. The van der Waals surface area contributed by atoms with Crippen LogP contribution >= 0.6 is 0 Å². The molecule has 88 valence electrons. The summed E-state index contributed by atoms with van der Waals surface area (Å²) >= 11 is 0. The smallest absolute Gasteiger partial charge is 0.0198 e. The van der Waals surface area contributed by atoms with Gasteiger partial charge in [-0.25, -0.2) is 0 Å². The molecule has 0 aromatic rings. The zero-order valence-electron chi connectivity index (χ0n) is 10.8. The van der Waals surface area contributed by atoms with Gasteiger partial charge in [-0.15, -0.1) is 0 Å². The number of nitrogens with zero attached hydrogens (tertiary/aromatic N) is 2. The molecule has 0 radical (unpaired) electrons. The number of rotatable bonds is 1. The monoisotopic (exact) mass is 210 g/mol. The van der Waals surface area contributed by atoms with Crippen molar-refractivity contribution in [2.75, 3.05) is 19.6 Å². The predicted octanol–water partition coefficient (Wildman–Crippen LogP) is 2.34. The largest absolute Gasteiger partial charge is 0.296 e. The van der Waals surface area contributed by atoms with E-state index >= 15 is 0 Å². The molecule has 2 heteroatoms. The zero-order chi connectivity index (χ0) is 11.1. The molecular formula is C13H26N2. The minimum absolute atomic E-state index is 0.347. The summed E-state index contributed by atoms with van der Waals surface area (Å²) in [4.78, 5) is 5.37. The van der Waals surface area contributed by atoms with E-state index < -0.39 is 0 Å². The molecule has 2 nitrogen and oxygen atoms in total. The zero-order valence-corrected chi connectivity index (χ0v) is 10.8. The summed E-state index contributed by atoms with van der Waals surface area (Å²) in [6.07, 6.45) is 4.34. The van der Waals surface area contributed by atoms with E-state index in [0.29, 0.717) is 5.54 Å². The standard InChI is InChI=1S/C13H26N2/c1-11-10-14(13(2,3)4)8-9-15(11)12-6-5-7-12/h11-12H,5-10H2,1-4H3/t11-/m0/s1. The van der Waals surface area contributed by atoms with Gasteiger partial charge in [0.1, 0.15) is 0 Å². The van der Waals surface area contributed by atoms with Crippen LogP contribution in [-0.2, 0) is 0 Å². The Bertz CT molecular complexity index is 215. The van der Waals surface area contributed by atoms with Gasteiger partial charge in [0.15, 0.2) is 0 Å². The molecule has 0 aromatic heterocycles. The maximum atomic E-state index is 2.74. The summed E-state index contributed by atoms with van der Waals surface area (Å²) in [6.45, 7) is 13.2. The molecule has 0 bridgehead atoms. The Morgan fingerprint density at radius 3 is 2.13 bits per heavy atom. The van der Waals surface area contributed by atoms with Crippen LogP contribution in [0.2, 0.25) is 0 Å². The normalized spacial score (nSPS) is 31.6. The minimum atomic E-state index is 0.347. The lowest BCUT2D eigenvalue weighted by Crippen LogP contribution is -2.60. The van der Waals surface area contributed by atoms with E-state index in [0.717, 1.165) is 12.1 Å². The van der Waals surface area contributed by atoms with E-state index in [2.05, 4.69) is 37.5 Å². The summed E-state index contributed by atoms with van der Waals surface area (Å²) in [7, 11) is 0. The lowest BCUT2D eigenvalue weighted by atomic mass is 9.89. The van der Waals surface area contributed by atoms with Crippen LogP contribution in [0.3, 0.4) is 0 Å². The molecule has 2 aliphatic rings. The topological polar surface area (TPSA) is 6.48 Å². The van der Waals surface area contributed by atoms with Crippen molar-refractivity contribution in [3.63, 3.8) is 0 Å². The highest BCUT2D eigenvalue weighted by Gasteiger charge is 2.35. The van der Waals surface area contributed by atoms with E-state index in [4.69, 9.17) is 0 Å². The summed E-state index contributed by atoms with van der Waals surface area (Å²) in [5.41, 5.74) is 0.347. The summed E-state index contributed by atoms with van der Waals surface area (Å²) < 4.78 is 0. The number of piperazine rings is 1. The van der Waals surface area contributed by atoms with Crippen LogP contribution in [0.15, 0.2) is 0 Å². The molecule has 15 heavy (non-hydrogen) atoms.